The topological polar surface area (TPSA) is 12.9 Å². The lowest BCUT2D eigenvalue weighted by molar-refractivity contribution is 1.26. The van der Waals surface area contributed by atoms with Crippen LogP contribution in [-0.2, 0) is 0 Å². The van der Waals surface area contributed by atoms with Crippen molar-refractivity contribution in [2.45, 2.75) is 6.92 Å². The fraction of sp³-hybridized carbons (Fsp3) is 0.0909. The number of nitrogens with zero attached hydrogens (tertiary/aromatic N) is 1. The summed E-state index contributed by atoms with van der Waals surface area (Å²) in [5.74, 6) is 0. The molecule has 0 aliphatic heterocycles. The van der Waals surface area contributed by atoms with Crippen molar-refractivity contribution in [3.63, 3.8) is 0 Å². The van der Waals surface area contributed by atoms with Gasteiger partial charge in [-0.25, -0.2) is 0 Å². The van der Waals surface area contributed by atoms with Crippen LogP contribution in [0.2, 0.25) is 0 Å². The van der Waals surface area contributed by atoms with Crippen molar-refractivity contribution in [1.29, 1.82) is 0 Å². The Morgan fingerprint density at radius 3 is 2.50 bits per heavy atom. The Morgan fingerprint density at radius 2 is 1.83 bits per heavy atom. The van der Waals surface area contributed by atoms with Gasteiger partial charge in [0.05, 0.1) is 5.69 Å². The zero-order valence-electron chi connectivity index (χ0n) is 6.91. The summed E-state index contributed by atoms with van der Waals surface area (Å²) in [5.41, 5.74) is 1.77. The predicted octanol–water partition coefficient (Wildman–Crippen LogP) is 2.60. The SMILES string of the molecule is [CH]c1ncc(C)c2ccccc12. The number of fused-ring (bicyclic) bond motifs is 1. The lowest BCUT2D eigenvalue weighted by Gasteiger charge is -2.02. The second-order valence-electron chi connectivity index (χ2n) is 2.87. The Morgan fingerprint density at radius 1 is 1.17 bits per heavy atom. The lowest BCUT2D eigenvalue weighted by atomic mass is 10.1. The van der Waals surface area contributed by atoms with Crippen LogP contribution >= 0.6 is 0 Å². The lowest BCUT2D eigenvalue weighted by Crippen LogP contribution is -1.86. The third kappa shape index (κ3) is 0.981. The molecule has 0 atom stereocenters. The number of aryl methyl sites for hydroxylation is 1. The summed E-state index contributed by atoms with van der Waals surface area (Å²) in [4.78, 5) is 4.08. The van der Waals surface area contributed by atoms with Crippen LogP contribution in [0.3, 0.4) is 0 Å². The number of hydrogen-bond donors (Lipinski definition) is 0. The molecule has 1 nitrogen and oxygen atoms in total. The Kier molecular flexibility index (Phi) is 1.58. The summed E-state index contributed by atoms with van der Waals surface area (Å²) in [7, 11) is 0. The van der Waals surface area contributed by atoms with Crippen molar-refractivity contribution < 1.29 is 0 Å². The molecule has 0 saturated heterocycles. The first-order valence-corrected chi connectivity index (χ1v) is 3.89. The first-order valence-electron chi connectivity index (χ1n) is 3.89. The fourth-order valence-electron chi connectivity index (χ4n) is 1.36. The summed E-state index contributed by atoms with van der Waals surface area (Å²) in [5, 5.41) is 2.22. The normalized spacial score (nSPS) is 10.5. The minimum atomic E-state index is 0.608. The average Bonchev–Trinajstić information content (AvgIpc) is 2.12. The van der Waals surface area contributed by atoms with Gasteiger partial charge in [0.2, 0.25) is 0 Å². The van der Waals surface area contributed by atoms with Crippen molar-refractivity contribution in [2.24, 2.45) is 0 Å². The maximum atomic E-state index is 5.71. The summed E-state index contributed by atoms with van der Waals surface area (Å²) in [6.45, 7) is 7.75. The Bertz CT molecular complexity index is 378. The molecule has 0 aliphatic carbocycles. The number of aromatic nitrogens is 1. The highest BCUT2D eigenvalue weighted by atomic mass is 14.7. The highest BCUT2D eigenvalue weighted by molar-refractivity contribution is 5.87. The fourth-order valence-corrected chi connectivity index (χ4v) is 1.36. The van der Waals surface area contributed by atoms with E-state index in [1.165, 1.54) is 10.9 Å². The van der Waals surface area contributed by atoms with Gasteiger partial charge in [0.15, 0.2) is 0 Å². The summed E-state index contributed by atoms with van der Waals surface area (Å²) >= 11 is 0. The van der Waals surface area contributed by atoms with Crippen LogP contribution in [-0.4, -0.2) is 4.98 Å². The maximum absolute atomic E-state index is 5.71. The molecule has 2 radical (unpaired) electrons. The van der Waals surface area contributed by atoms with Gasteiger partial charge < -0.3 is 0 Å². The van der Waals surface area contributed by atoms with Crippen molar-refractivity contribution in [2.75, 3.05) is 0 Å². The zero-order valence-corrected chi connectivity index (χ0v) is 6.91. The molecular formula is C11H9N. The third-order valence-electron chi connectivity index (χ3n) is 2.03. The van der Waals surface area contributed by atoms with Crippen LogP contribution in [0.4, 0.5) is 0 Å². The third-order valence-corrected chi connectivity index (χ3v) is 2.03. The molecule has 1 heteroatoms. The molecule has 0 N–H and O–H groups in total. The molecule has 1 heterocycles. The Labute approximate surface area is 72.1 Å². The minimum Gasteiger partial charge on any atom is -0.260 e. The second kappa shape index (κ2) is 2.59. The van der Waals surface area contributed by atoms with Gasteiger partial charge in [0.25, 0.3) is 0 Å². The number of hydrogen-bond acceptors (Lipinski definition) is 1. The van der Waals surface area contributed by atoms with Crippen molar-refractivity contribution in [3.05, 3.63) is 48.6 Å². The van der Waals surface area contributed by atoms with Crippen LogP contribution in [0.1, 0.15) is 11.3 Å². The van der Waals surface area contributed by atoms with Gasteiger partial charge in [-0.15, -0.1) is 0 Å². The number of pyridine rings is 1. The summed E-state index contributed by atoms with van der Waals surface area (Å²) < 4.78 is 0. The average molecular weight is 155 g/mol. The van der Waals surface area contributed by atoms with Gasteiger partial charge in [-0.2, -0.15) is 0 Å². The molecule has 0 fully saturated rings. The van der Waals surface area contributed by atoms with Crippen LogP contribution < -0.4 is 0 Å². The smallest absolute Gasteiger partial charge is 0.0526 e. The first kappa shape index (κ1) is 7.29. The molecule has 0 unspecified atom stereocenters. The van der Waals surface area contributed by atoms with E-state index in [4.69, 9.17) is 6.92 Å². The molecule has 1 aromatic carbocycles. The number of rotatable bonds is 0. The van der Waals surface area contributed by atoms with Gasteiger partial charge in [0, 0.05) is 18.5 Å². The molecule has 0 spiro atoms. The molecule has 2 aromatic rings. The maximum Gasteiger partial charge on any atom is 0.0526 e. The van der Waals surface area contributed by atoms with E-state index in [9.17, 15) is 0 Å². The van der Waals surface area contributed by atoms with E-state index in [-0.39, 0.29) is 0 Å². The van der Waals surface area contributed by atoms with Crippen molar-refractivity contribution in [1.82, 2.24) is 4.98 Å². The van der Waals surface area contributed by atoms with E-state index < -0.39 is 0 Å². The monoisotopic (exact) mass is 155 g/mol. The standard InChI is InChI=1S/C11H9N/c1-8-7-12-9(2)11-6-4-3-5-10(8)11/h2-7H,1H3. The van der Waals surface area contributed by atoms with Crippen LogP contribution in [0.25, 0.3) is 10.8 Å². The molecule has 0 amide bonds. The highest BCUT2D eigenvalue weighted by Gasteiger charge is 1.98. The molecule has 12 heavy (non-hydrogen) atoms. The van der Waals surface area contributed by atoms with E-state index in [0.717, 1.165) is 5.39 Å². The van der Waals surface area contributed by atoms with Crippen LogP contribution in [0.5, 0.6) is 0 Å². The summed E-state index contributed by atoms with van der Waals surface area (Å²) in [6.07, 6.45) is 1.80. The van der Waals surface area contributed by atoms with E-state index in [0.29, 0.717) is 5.69 Å². The van der Waals surface area contributed by atoms with E-state index in [1.807, 2.05) is 25.1 Å². The minimum absolute atomic E-state index is 0.608. The van der Waals surface area contributed by atoms with E-state index in [2.05, 4.69) is 11.1 Å². The Balaban J connectivity index is 2.95. The van der Waals surface area contributed by atoms with E-state index in [1.54, 1.807) is 6.20 Å². The largest absolute Gasteiger partial charge is 0.260 e. The molecule has 58 valence electrons. The highest BCUT2D eigenvalue weighted by Crippen LogP contribution is 2.18. The Hall–Kier alpha value is -1.37. The summed E-state index contributed by atoms with van der Waals surface area (Å²) in [6, 6.07) is 8.03. The van der Waals surface area contributed by atoms with Crippen molar-refractivity contribution >= 4 is 10.8 Å². The van der Waals surface area contributed by atoms with Gasteiger partial charge in [-0.3, -0.25) is 4.98 Å². The molecule has 2 rings (SSSR count). The van der Waals surface area contributed by atoms with Gasteiger partial charge in [-0.05, 0) is 17.9 Å². The molecule has 0 bridgehead atoms. The molecular weight excluding hydrogens is 146 g/mol. The van der Waals surface area contributed by atoms with Crippen LogP contribution in [0, 0.1) is 13.8 Å². The van der Waals surface area contributed by atoms with E-state index >= 15 is 0 Å². The number of benzene rings is 1. The molecule has 0 aliphatic rings. The van der Waals surface area contributed by atoms with Gasteiger partial charge >= 0.3 is 0 Å². The zero-order chi connectivity index (χ0) is 8.55. The van der Waals surface area contributed by atoms with Crippen LogP contribution in [0.15, 0.2) is 30.5 Å². The molecule has 1 aromatic heterocycles. The van der Waals surface area contributed by atoms with Crippen molar-refractivity contribution in [3.8, 4) is 0 Å². The first-order chi connectivity index (χ1) is 5.79. The quantitative estimate of drug-likeness (QED) is 0.569. The van der Waals surface area contributed by atoms with Gasteiger partial charge in [-0.1, -0.05) is 24.3 Å². The van der Waals surface area contributed by atoms with Gasteiger partial charge in [0.1, 0.15) is 0 Å². The second-order valence-corrected chi connectivity index (χ2v) is 2.87. The predicted molar refractivity (Wildman–Crippen MR) is 49.9 cm³/mol. The molecule has 0 saturated carbocycles.